The summed E-state index contributed by atoms with van der Waals surface area (Å²) in [4.78, 5) is 12.9. The zero-order valence-corrected chi connectivity index (χ0v) is 50.0. The van der Waals surface area contributed by atoms with Crippen LogP contribution >= 0.6 is 7.26 Å². The number of carbonyl (C=O) groups excluding carboxylic acids is 1. The van der Waals surface area contributed by atoms with Crippen molar-refractivity contribution in [3.8, 4) is 0 Å². The van der Waals surface area contributed by atoms with E-state index < -0.39 is 152 Å². The molecule has 8 aromatic rings. The molecule has 0 saturated heterocycles. The van der Waals surface area contributed by atoms with Crippen LogP contribution in [0.3, 0.4) is 0 Å². The van der Waals surface area contributed by atoms with E-state index in [2.05, 4.69) is 110 Å². The largest absolute Gasteiger partial charge is 0.462 e. The molecular weight excluding hydrogens is 1270 g/mol. The number of esters is 1. The highest BCUT2D eigenvalue weighted by Crippen LogP contribution is 2.58. The molecule has 0 fully saturated rings. The maximum atomic E-state index is 15.4. The van der Waals surface area contributed by atoms with Gasteiger partial charge in [-0.3, -0.25) is 0 Å². The van der Waals surface area contributed by atoms with E-state index >= 15 is 35.1 Å². The highest BCUT2D eigenvalue weighted by Gasteiger charge is 2.53. The molecule has 0 N–H and O–H groups in total. The zero-order valence-electron chi connectivity index (χ0n) is 49.1. The summed E-state index contributed by atoms with van der Waals surface area (Å²) >= 11 is 0. The third kappa shape index (κ3) is 14.7. The fourth-order valence-electron chi connectivity index (χ4n) is 11.6. The summed E-state index contributed by atoms with van der Waals surface area (Å²) in [5.74, 6) is -71.6. The van der Waals surface area contributed by atoms with Crippen LogP contribution in [0.15, 0.2) is 115 Å². The van der Waals surface area contributed by atoms with E-state index in [0.717, 1.165) is 19.0 Å². The zero-order chi connectivity index (χ0) is 67.2. The molecular formula is C68H58BF20O2P. The number of rotatable bonds is 27. The average molecular weight is 1330 g/mol. The maximum Gasteiger partial charge on any atom is 0.338 e. The Balaban J connectivity index is 0.000000261. The van der Waals surface area contributed by atoms with Crippen LogP contribution in [0.25, 0.3) is 0 Å². The minimum atomic E-state index is -7.22. The van der Waals surface area contributed by atoms with Gasteiger partial charge in [-0.15, -0.1) is 21.9 Å². The lowest BCUT2D eigenvalue weighted by Gasteiger charge is -2.44. The molecule has 0 radical (unpaired) electrons. The van der Waals surface area contributed by atoms with Gasteiger partial charge < -0.3 is 4.74 Å². The number of halogens is 20. The molecule has 0 heterocycles. The van der Waals surface area contributed by atoms with Gasteiger partial charge in [-0.1, -0.05) is 170 Å². The summed E-state index contributed by atoms with van der Waals surface area (Å²) in [6.45, 7) is 2.79. The highest BCUT2D eigenvalue weighted by atomic mass is 31.2. The summed E-state index contributed by atoms with van der Waals surface area (Å²) < 4.78 is 300. The number of hydrogen-bond donors (Lipinski definition) is 0. The lowest BCUT2D eigenvalue weighted by Crippen LogP contribution is -2.81. The molecule has 0 atom stereocenters. The van der Waals surface area contributed by atoms with Crippen LogP contribution in [0.4, 0.5) is 87.8 Å². The van der Waals surface area contributed by atoms with Gasteiger partial charge in [0, 0.05) is 0 Å². The van der Waals surface area contributed by atoms with E-state index in [1.54, 1.807) is 0 Å². The van der Waals surface area contributed by atoms with Crippen LogP contribution in [0, 0.1) is 116 Å². The minimum absolute atomic E-state index is 0.215. The first kappa shape index (κ1) is 71.8. The molecule has 0 aliphatic rings. The number of unbranched alkanes of at least 4 members (excludes halogenated alkanes) is 15. The molecule has 0 aliphatic carbocycles. The molecule has 24 heteroatoms. The predicted molar refractivity (Wildman–Crippen MR) is 314 cm³/mol. The van der Waals surface area contributed by atoms with Gasteiger partial charge in [0.2, 0.25) is 0 Å². The van der Waals surface area contributed by atoms with Crippen LogP contribution in [0.2, 0.25) is 0 Å². The van der Waals surface area contributed by atoms with E-state index in [0.29, 0.717) is 12.2 Å². The van der Waals surface area contributed by atoms with E-state index in [4.69, 9.17) is 4.74 Å². The molecule has 8 aromatic carbocycles. The summed E-state index contributed by atoms with van der Waals surface area (Å²) in [5, 5.41) is 4.08. The van der Waals surface area contributed by atoms with Crippen molar-refractivity contribution in [2.24, 2.45) is 0 Å². The van der Waals surface area contributed by atoms with Gasteiger partial charge in [-0.25, -0.2) is 92.6 Å². The third-order valence-corrected chi connectivity index (χ3v) is 20.5. The van der Waals surface area contributed by atoms with Crippen LogP contribution in [-0.4, -0.2) is 18.7 Å². The van der Waals surface area contributed by atoms with Gasteiger partial charge in [-0.05, 0) is 60.5 Å². The number of ether oxygens (including phenoxy) is 1. The van der Waals surface area contributed by atoms with Gasteiger partial charge in [0.1, 0.15) is 75.9 Å². The molecule has 0 unspecified atom stereocenters. The van der Waals surface area contributed by atoms with Crippen molar-refractivity contribution < 1.29 is 97.3 Å². The molecule has 0 bridgehead atoms. The maximum absolute atomic E-state index is 15.4. The van der Waals surface area contributed by atoms with Gasteiger partial charge >= 0.3 is 5.97 Å². The molecule has 92 heavy (non-hydrogen) atoms. The Labute approximate surface area is 517 Å². The Kier molecular flexibility index (Phi) is 25.2. The van der Waals surface area contributed by atoms with Gasteiger partial charge in [0.25, 0.3) is 0 Å². The third-order valence-electron chi connectivity index (χ3n) is 16.1. The first-order valence-electron chi connectivity index (χ1n) is 29.5. The Bertz CT molecular complexity index is 3360. The second kappa shape index (κ2) is 32.3. The summed E-state index contributed by atoms with van der Waals surface area (Å²) in [6, 6.07) is 40.9. The van der Waals surface area contributed by atoms with Crippen molar-refractivity contribution in [2.75, 3.05) is 6.61 Å². The Morgan fingerprint density at radius 2 is 0.533 bits per heavy atom. The second-order valence-electron chi connectivity index (χ2n) is 21.9. The van der Waals surface area contributed by atoms with E-state index in [-0.39, 0.29) is 5.97 Å². The van der Waals surface area contributed by atoms with Gasteiger partial charge in [0.15, 0.2) is 69.8 Å². The Morgan fingerprint density at radius 3 is 0.783 bits per heavy atom. The molecule has 0 amide bonds. The van der Waals surface area contributed by atoms with Crippen LogP contribution in [0.1, 0.15) is 126 Å². The Morgan fingerprint density at radius 1 is 0.304 bits per heavy atom. The van der Waals surface area contributed by atoms with Crippen molar-refractivity contribution >= 4 is 57.1 Å². The quantitative estimate of drug-likeness (QED) is 0.00976. The topological polar surface area (TPSA) is 26.3 Å². The van der Waals surface area contributed by atoms with Crippen molar-refractivity contribution in [1.82, 2.24) is 0 Å². The lowest BCUT2D eigenvalue weighted by atomic mass is 9.12. The van der Waals surface area contributed by atoms with Crippen molar-refractivity contribution in [2.45, 2.75) is 116 Å². The van der Waals surface area contributed by atoms with Crippen molar-refractivity contribution in [3.05, 3.63) is 243 Å². The van der Waals surface area contributed by atoms with Gasteiger partial charge in [-0.2, -0.15) is 0 Å². The van der Waals surface area contributed by atoms with E-state index in [1.807, 2.05) is 12.1 Å². The molecule has 2 nitrogen and oxygen atoms in total. The number of carbonyl (C=O) groups is 1. The molecule has 8 rings (SSSR count). The van der Waals surface area contributed by atoms with Crippen LogP contribution in [-0.2, 0) is 10.9 Å². The van der Waals surface area contributed by atoms with Gasteiger partial charge in [0.05, 0.1) is 18.3 Å². The minimum Gasteiger partial charge on any atom is -0.462 e. The molecule has 0 saturated carbocycles. The number of hydrogen-bond acceptors (Lipinski definition) is 2. The smallest absolute Gasteiger partial charge is 0.338 e. The molecule has 490 valence electrons. The standard InChI is InChI=1S/C44H58O2P.C24BF20/c1-2-3-4-5-6-7-8-9-10-11-12-13-14-15-16-26-37-46-44(45)40-35-33-39(34-36-40)38-47(41-27-20-17-21-28-41,42-29-22-18-23-30-42)43-31-24-19-25-32-43;26-5-1(6(27)14(35)21(42)13(5)34)25(2-7(28)15(36)22(43)16(37)8(2)29,3-9(30)17(38)23(44)18(39)10(3)31)4-11(32)19(40)24(45)20(41)12(4)33/h17-25,27-36H,2-16,26,37-38H2,1H3;/q+1;-1. The lowest BCUT2D eigenvalue weighted by molar-refractivity contribution is 0.0497. The Hall–Kier alpha value is -7.68. The summed E-state index contributed by atoms with van der Waals surface area (Å²) in [7, 11) is -1.98. The fraction of sp³-hybridized carbons (Fsp3) is 0.279. The molecule has 0 aliphatic heterocycles. The van der Waals surface area contributed by atoms with Crippen molar-refractivity contribution in [1.29, 1.82) is 0 Å². The first-order chi connectivity index (χ1) is 43.9. The summed E-state index contributed by atoms with van der Waals surface area (Å²) in [6.07, 6.45) is 15.1. The average Bonchev–Trinajstić information content (AvgIpc) is 0.683. The first-order valence-corrected chi connectivity index (χ1v) is 31.5. The fourth-order valence-corrected chi connectivity index (χ4v) is 15.8. The summed E-state index contributed by atoms with van der Waals surface area (Å²) in [5.41, 5.74) is -12.5. The monoisotopic (exact) mass is 1330 g/mol. The van der Waals surface area contributed by atoms with Crippen molar-refractivity contribution in [3.63, 3.8) is 0 Å². The van der Waals surface area contributed by atoms with E-state index in [9.17, 15) is 57.5 Å². The van der Waals surface area contributed by atoms with E-state index in [1.165, 1.54) is 111 Å². The van der Waals surface area contributed by atoms with Crippen LogP contribution in [0.5, 0.6) is 0 Å². The second-order valence-corrected chi connectivity index (χ2v) is 25.4. The molecule has 0 spiro atoms. The normalized spacial score (nSPS) is 11.7. The number of benzene rings is 8. The SMILES string of the molecule is CCCCCCCCCCCCCCCCCCOC(=O)c1ccc(C[P+](c2ccccc2)(c2ccccc2)c2ccccc2)cc1.Fc1c(F)c(F)c([B-](c2c(F)c(F)c(F)c(F)c2F)(c2c(F)c(F)c(F)c(F)c2F)c2c(F)c(F)c(F)c(F)c2F)c(F)c1F. The highest BCUT2D eigenvalue weighted by molar-refractivity contribution is 7.95. The van der Waals surface area contributed by atoms with Crippen LogP contribution < -0.4 is 37.8 Å². The molecule has 0 aromatic heterocycles. The predicted octanol–water partition coefficient (Wildman–Crippen LogP) is 17.4.